The van der Waals surface area contributed by atoms with E-state index in [1.54, 1.807) is 24.3 Å². The number of benzene rings is 5. The molecule has 0 saturated carbocycles. The molecule has 6 heteroatoms. The van der Waals surface area contributed by atoms with Gasteiger partial charge in [0.15, 0.2) is 0 Å². The van der Waals surface area contributed by atoms with Crippen LogP contribution in [0.15, 0.2) is 133 Å². The first kappa shape index (κ1) is 39.9. The third-order valence-electron chi connectivity index (χ3n) is 9.19. The summed E-state index contributed by atoms with van der Waals surface area (Å²) < 4.78 is 24.4. The van der Waals surface area contributed by atoms with E-state index < -0.39 is 6.10 Å². The Balaban J connectivity index is 1.26. The van der Waals surface area contributed by atoms with Gasteiger partial charge in [-0.15, -0.1) is 0 Å². The van der Waals surface area contributed by atoms with Crippen LogP contribution in [-0.2, 0) is 24.6 Å². The molecule has 5 aromatic rings. The van der Waals surface area contributed by atoms with Gasteiger partial charge in [-0.1, -0.05) is 161 Å². The van der Waals surface area contributed by atoms with Crippen LogP contribution in [0.5, 0.6) is 23.0 Å². The second kappa shape index (κ2) is 22.7. The lowest BCUT2D eigenvalue weighted by Gasteiger charge is -2.16. The van der Waals surface area contributed by atoms with Crippen molar-refractivity contribution in [2.24, 2.45) is 0 Å². The first-order valence-electron chi connectivity index (χ1n) is 19.4. The third kappa shape index (κ3) is 13.9. The Morgan fingerprint density at radius 3 is 1.67 bits per heavy atom. The number of hydrogen-bond donors (Lipinski definition) is 1. The molecular formula is C48H54O6. The Labute approximate surface area is 321 Å². The summed E-state index contributed by atoms with van der Waals surface area (Å²) in [6.45, 7) is 3.34. The van der Waals surface area contributed by atoms with Gasteiger partial charge < -0.3 is 24.1 Å². The molecular weight excluding hydrogens is 673 g/mol. The summed E-state index contributed by atoms with van der Waals surface area (Å²) in [5, 5.41) is 11.5. The van der Waals surface area contributed by atoms with Crippen LogP contribution < -0.4 is 18.9 Å². The normalized spacial score (nSPS) is 11.7. The highest BCUT2D eigenvalue weighted by molar-refractivity contribution is 5.72. The second-order valence-electron chi connectivity index (χ2n) is 13.6. The molecule has 0 fully saturated rings. The lowest BCUT2D eigenvalue weighted by molar-refractivity contribution is -0.134. The van der Waals surface area contributed by atoms with E-state index >= 15 is 0 Å². The van der Waals surface area contributed by atoms with Crippen LogP contribution in [0.3, 0.4) is 0 Å². The molecule has 6 nitrogen and oxygen atoms in total. The van der Waals surface area contributed by atoms with Crippen LogP contribution in [0.2, 0.25) is 0 Å². The monoisotopic (exact) mass is 726 g/mol. The Hall–Kier alpha value is -5.33. The van der Waals surface area contributed by atoms with Gasteiger partial charge in [-0.2, -0.15) is 0 Å². The lowest BCUT2D eigenvalue weighted by atomic mass is 10.1. The van der Waals surface area contributed by atoms with Crippen molar-refractivity contribution in [3.05, 3.63) is 161 Å². The minimum atomic E-state index is -1.02. The Kier molecular flexibility index (Phi) is 16.7. The number of hydrogen-bond acceptors (Lipinski definition) is 6. The second-order valence-corrected chi connectivity index (χ2v) is 13.6. The minimum Gasteiger partial charge on any atom is -0.489 e. The van der Waals surface area contributed by atoms with E-state index in [4.69, 9.17) is 18.9 Å². The SMILES string of the molecule is CCCCCCCCCCCC(=O)Oc1ccc(C(O)C=Cc2ccc(OCc3ccccc3)cc2OCc2ccccc2)c(OCc2ccccc2)c1. The molecule has 0 radical (unpaired) electrons. The molecule has 0 bridgehead atoms. The van der Waals surface area contributed by atoms with E-state index in [0.29, 0.717) is 54.8 Å². The van der Waals surface area contributed by atoms with Crippen LogP contribution in [-0.4, -0.2) is 11.1 Å². The van der Waals surface area contributed by atoms with Gasteiger partial charge in [-0.25, -0.2) is 0 Å². The molecule has 0 aliphatic heterocycles. The van der Waals surface area contributed by atoms with E-state index in [9.17, 15) is 9.90 Å². The highest BCUT2D eigenvalue weighted by atomic mass is 16.5. The van der Waals surface area contributed by atoms with E-state index in [0.717, 1.165) is 41.5 Å². The molecule has 0 aliphatic carbocycles. The summed E-state index contributed by atoms with van der Waals surface area (Å²) >= 11 is 0. The predicted octanol–water partition coefficient (Wildman–Crippen LogP) is 12.0. The summed E-state index contributed by atoms with van der Waals surface area (Å²) in [7, 11) is 0. The van der Waals surface area contributed by atoms with Crippen LogP contribution >= 0.6 is 0 Å². The van der Waals surface area contributed by atoms with E-state index in [2.05, 4.69) is 6.92 Å². The Morgan fingerprint density at radius 1 is 0.574 bits per heavy atom. The summed E-state index contributed by atoms with van der Waals surface area (Å²) in [5.41, 5.74) is 4.43. The molecule has 0 heterocycles. The number of aliphatic hydroxyl groups is 1. The molecule has 0 amide bonds. The average Bonchev–Trinajstić information content (AvgIpc) is 3.21. The first-order valence-corrected chi connectivity index (χ1v) is 19.4. The van der Waals surface area contributed by atoms with Crippen molar-refractivity contribution in [3.8, 4) is 23.0 Å². The minimum absolute atomic E-state index is 0.264. The van der Waals surface area contributed by atoms with Crippen molar-refractivity contribution < 1.29 is 28.8 Å². The molecule has 0 spiro atoms. The molecule has 0 saturated heterocycles. The van der Waals surface area contributed by atoms with Gasteiger partial charge >= 0.3 is 5.97 Å². The van der Waals surface area contributed by atoms with Crippen molar-refractivity contribution in [1.29, 1.82) is 0 Å². The standard InChI is InChI=1S/C48H54O6/c1-2-3-4-5-6-7-8-9-19-26-48(50)54-43-30-31-44(47(34-43)53-37-40-24-17-12-18-25-40)45(49)32-28-41-27-29-42(51-35-38-20-13-10-14-21-38)33-46(41)52-36-39-22-15-11-16-23-39/h10-18,20-25,27-34,45,49H,2-9,19,26,35-37H2,1H3. The van der Waals surface area contributed by atoms with Gasteiger partial charge in [0.1, 0.15) is 48.9 Å². The van der Waals surface area contributed by atoms with Crippen LogP contribution in [0.1, 0.15) is 105 Å². The summed E-state index contributed by atoms with van der Waals surface area (Å²) in [5.74, 6) is 1.87. The number of aliphatic hydroxyl groups excluding tert-OH is 1. The highest BCUT2D eigenvalue weighted by Crippen LogP contribution is 2.33. The molecule has 54 heavy (non-hydrogen) atoms. The van der Waals surface area contributed by atoms with Crippen molar-refractivity contribution in [2.45, 2.75) is 97.1 Å². The zero-order chi connectivity index (χ0) is 37.6. The maximum atomic E-state index is 12.8. The molecule has 0 aliphatic rings. The first-order chi connectivity index (χ1) is 26.6. The topological polar surface area (TPSA) is 74.2 Å². The van der Waals surface area contributed by atoms with Crippen LogP contribution in [0.4, 0.5) is 0 Å². The number of esters is 1. The van der Waals surface area contributed by atoms with Gasteiger partial charge in [0.2, 0.25) is 0 Å². The number of carbonyl (C=O) groups excluding carboxylic acids is 1. The Morgan fingerprint density at radius 2 is 1.07 bits per heavy atom. The van der Waals surface area contributed by atoms with Gasteiger partial charge in [-0.05, 0) is 47.4 Å². The molecule has 1 N–H and O–H groups in total. The molecule has 5 rings (SSSR count). The average molecular weight is 727 g/mol. The predicted molar refractivity (Wildman–Crippen MR) is 217 cm³/mol. The molecule has 1 atom stereocenters. The van der Waals surface area contributed by atoms with Crippen LogP contribution in [0.25, 0.3) is 6.08 Å². The van der Waals surface area contributed by atoms with E-state index in [1.165, 1.54) is 38.5 Å². The van der Waals surface area contributed by atoms with E-state index in [1.807, 2.05) is 115 Å². The van der Waals surface area contributed by atoms with Crippen molar-refractivity contribution in [2.75, 3.05) is 0 Å². The van der Waals surface area contributed by atoms with Gasteiger partial charge in [-0.3, -0.25) is 4.79 Å². The lowest BCUT2D eigenvalue weighted by Crippen LogP contribution is -2.08. The highest BCUT2D eigenvalue weighted by Gasteiger charge is 2.16. The van der Waals surface area contributed by atoms with Crippen molar-refractivity contribution in [1.82, 2.24) is 0 Å². The number of unbranched alkanes of at least 4 members (excludes halogenated alkanes) is 8. The third-order valence-corrected chi connectivity index (χ3v) is 9.19. The maximum Gasteiger partial charge on any atom is 0.311 e. The molecule has 0 aromatic heterocycles. The fraction of sp³-hybridized carbons (Fsp3) is 0.312. The fourth-order valence-electron chi connectivity index (χ4n) is 6.09. The van der Waals surface area contributed by atoms with Gasteiger partial charge in [0.25, 0.3) is 0 Å². The molecule has 1 unspecified atom stereocenters. The Bertz CT molecular complexity index is 1840. The van der Waals surface area contributed by atoms with Gasteiger partial charge in [0.05, 0.1) is 0 Å². The zero-order valence-electron chi connectivity index (χ0n) is 31.5. The van der Waals surface area contributed by atoms with Crippen molar-refractivity contribution in [3.63, 3.8) is 0 Å². The summed E-state index contributed by atoms with van der Waals surface area (Å²) in [4.78, 5) is 12.8. The number of rotatable bonds is 23. The fourth-order valence-corrected chi connectivity index (χ4v) is 6.09. The van der Waals surface area contributed by atoms with Crippen molar-refractivity contribution >= 4 is 12.0 Å². The molecule has 5 aromatic carbocycles. The van der Waals surface area contributed by atoms with Gasteiger partial charge in [0, 0.05) is 29.7 Å². The maximum absolute atomic E-state index is 12.8. The summed E-state index contributed by atoms with van der Waals surface area (Å²) in [6.07, 6.45) is 13.5. The largest absolute Gasteiger partial charge is 0.489 e. The smallest absolute Gasteiger partial charge is 0.311 e. The van der Waals surface area contributed by atoms with Crippen LogP contribution in [0, 0.1) is 0 Å². The van der Waals surface area contributed by atoms with E-state index in [-0.39, 0.29) is 5.97 Å². The number of carbonyl (C=O) groups is 1. The quantitative estimate of drug-likeness (QED) is 0.0410. The zero-order valence-corrected chi connectivity index (χ0v) is 31.5. The summed E-state index contributed by atoms with van der Waals surface area (Å²) in [6, 6.07) is 40.7. The molecule has 282 valence electrons. The number of ether oxygens (including phenoxy) is 4.